The first-order valence-corrected chi connectivity index (χ1v) is 5.53. The van der Waals surface area contributed by atoms with Crippen LogP contribution in [0, 0.1) is 11.7 Å². The molecular formula is C11H12ClFN2O. The van der Waals surface area contributed by atoms with Crippen molar-refractivity contribution in [3.05, 3.63) is 29.0 Å². The fraction of sp³-hybridized carbons (Fsp3) is 0.364. The Bertz CT molecular complexity index is 407. The van der Waals surface area contributed by atoms with E-state index in [2.05, 4.69) is 10.6 Å². The molecule has 2 amide bonds. The van der Waals surface area contributed by atoms with Gasteiger partial charge in [0.15, 0.2) is 0 Å². The number of anilines is 1. The molecule has 2 rings (SSSR count). The van der Waals surface area contributed by atoms with E-state index >= 15 is 0 Å². The Morgan fingerprint density at radius 1 is 1.50 bits per heavy atom. The summed E-state index contributed by atoms with van der Waals surface area (Å²) in [5.41, 5.74) is 0.486. The van der Waals surface area contributed by atoms with Gasteiger partial charge in [-0.2, -0.15) is 0 Å². The second-order valence-corrected chi connectivity index (χ2v) is 4.31. The minimum atomic E-state index is -0.495. The molecule has 5 heteroatoms. The fourth-order valence-corrected chi connectivity index (χ4v) is 1.49. The van der Waals surface area contributed by atoms with Crippen molar-refractivity contribution >= 4 is 23.3 Å². The molecule has 0 saturated heterocycles. The molecule has 1 aromatic rings. The van der Waals surface area contributed by atoms with Crippen molar-refractivity contribution in [1.29, 1.82) is 0 Å². The molecule has 0 aliphatic heterocycles. The summed E-state index contributed by atoms with van der Waals surface area (Å²) < 4.78 is 12.8. The molecule has 0 bridgehead atoms. The Morgan fingerprint density at radius 3 is 2.88 bits per heavy atom. The molecule has 1 fully saturated rings. The molecule has 86 valence electrons. The molecule has 1 aromatic carbocycles. The van der Waals surface area contributed by atoms with Gasteiger partial charge in [0.25, 0.3) is 0 Å². The van der Waals surface area contributed by atoms with Gasteiger partial charge in [-0.15, -0.1) is 0 Å². The molecule has 0 unspecified atom stereocenters. The van der Waals surface area contributed by atoms with Crippen molar-refractivity contribution in [3.8, 4) is 0 Å². The number of amides is 2. The van der Waals surface area contributed by atoms with E-state index < -0.39 is 5.82 Å². The summed E-state index contributed by atoms with van der Waals surface area (Å²) in [4.78, 5) is 11.4. The van der Waals surface area contributed by atoms with E-state index in [1.165, 1.54) is 31.0 Å². The molecule has 0 radical (unpaired) electrons. The summed E-state index contributed by atoms with van der Waals surface area (Å²) in [6, 6.07) is 3.79. The minimum absolute atomic E-state index is 0.00000656. The lowest BCUT2D eigenvalue weighted by atomic mass is 10.3. The van der Waals surface area contributed by atoms with Crippen LogP contribution in [0.4, 0.5) is 14.9 Å². The van der Waals surface area contributed by atoms with Gasteiger partial charge in [0, 0.05) is 12.2 Å². The lowest BCUT2D eigenvalue weighted by molar-refractivity contribution is 0.251. The van der Waals surface area contributed by atoms with Gasteiger partial charge in [0.1, 0.15) is 5.82 Å². The number of hydrogen-bond acceptors (Lipinski definition) is 1. The van der Waals surface area contributed by atoms with Crippen LogP contribution in [0.1, 0.15) is 12.8 Å². The predicted molar refractivity (Wildman–Crippen MR) is 61.2 cm³/mol. The van der Waals surface area contributed by atoms with Crippen LogP contribution in [0.3, 0.4) is 0 Å². The van der Waals surface area contributed by atoms with Gasteiger partial charge in [-0.1, -0.05) is 11.6 Å². The van der Waals surface area contributed by atoms with E-state index in [0.717, 1.165) is 0 Å². The summed E-state index contributed by atoms with van der Waals surface area (Å²) in [6.07, 6.45) is 2.37. The third-order valence-corrected chi connectivity index (χ3v) is 2.72. The molecule has 1 aliphatic rings. The predicted octanol–water partition coefficient (Wildman–Crippen LogP) is 3.01. The Labute approximate surface area is 98.0 Å². The highest BCUT2D eigenvalue weighted by Crippen LogP contribution is 2.27. The molecule has 1 saturated carbocycles. The number of urea groups is 1. The Hall–Kier alpha value is -1.29. The highest BCUT2D eigenvalue weighted by molar-refractivity contribution is 6.31. The maximum absolute atomic E-state index is 12.8. The highest BCUT2D eigenvalue weighted by atomic mass is 35.5. The smallest absolute Gasteiger partial charge is 0.319 e. The van der Waals surface area contributed by atoms with Crippen LogP contribution in [0.15, 0.2) is 18.2 Å². The fourth-order valence-electron chi connectivity index (χ4n) is 1.31. The van der Waals surface area contributed by atoms with E-state index in [1.54, 1.807) is 0 Å². The summed E-state index contributed by atoms with van der Waals surface area (Å²) in [7, 11) is 0. The average molecular weight is 243 g/mol. The lowest BCUT2D eigenvalue weighted by Gasteiger charge is -2.07. The molecule has 0 spiro atoms. The Kier molecular flexibility index (Phi) is 3.29. The van der Waals surface area contributed by atoms with Crippen molar-refractivity contribution in [2.75, 3.05) is 11.9 Å². The zero-order chi connectivity index (χ0) is 11.5. The first-order chi connectivity index (χ1) is 7.65. The van der Waals surface area contributed by atoms with E-state index in [9.17, 15) is 9.18 Å². The van der Waals surface area contributed by atoms with Gasteiger partial charge in [0.05, 0.1) is 5.02 Å². The van der Waals surface area contributed by atoms with E-state index in [-0.39, 0.29) is 11.1 Å². The van der Waals surface area contributed by atoms with Crippen LogP contribution >= 0.6 is 11.6 Å². The summed E-state index contributed by atoms with van der Waals surface area (Å²) in [6.45, 7) is 0.695. The van der Waals surface area contributed by atoms with Gasteiger partial charge in [0.2, 0.25) is 0 Å². The van der Waals surface area contributed by atoms with E-state index in [4.69, 9.17) is 11.6 Å². The minimum Gasteiger partial charge on any atom is -0.338 e. The first kappa shape index (κ1) is 11.2. The van der Waals surface area contributed by atoms with Crippen molar-refractivity contribution in [2.45, 2.75) is 12.8 Å². The molecule has 3 nitrogen and oxygen atoms in total. The number of carbonyl (C=O) groups is 1. The quantitative estimate of drug-likeness (QED) is 0.841. The van der Waals surface area contributed by atoms with E-state index in [1.807, 2.05) is 0 Å². The molecule has 1 aliphatic carbocycles. The average Bonchev–Trinajstić information content (AvgIpc) is 3.04. The van der Waals surface area contributed by atoms with Gasteiger partial charge in [-0.05, 0) is 37.0 Å². The summed E-state index contributed by atoms with van der Waals surface area (Å²) in [5.74, 6) is 0.133. The number of nitrogens with one attached hydrogen (secondary N) is 2. The van der Waals surface area contributed by atoms with Crippen LogP contribution < -0.4 is 10.6 Å². The second kappa shape index (κ2) is 4.70. The summed E-state index contributed by atoms with van der Waals surface area (Å²) in [5, 5.41) is 5.33. The molecule has 0 aromatic heterocycles. The number of halogens is 2. The van der Waals surface area contributed by atoms with Crippen molar-refractivity contribution in [1.82, 2.24) is 5.32 Å². The molecule has 0 heterocycles. The summed E-state index contributed by atoms with van der Waals surface area (Å²) >= 11 is 5.59. The standard InChI is InChI=1S/C11H12ClFN2O/c12-9-5-8(3-4-10(9)13)15-11(16)14-6-7-1-2-7/h3-5,7H,1-2,6H2,(H2,14,15,16). The largest absolute Gasteiger partial charge is 0.338 e. The van der Waals surface area contributed by atoms with Crippen LogP contribution in [-0.4, -0.2) is 12.6 Å². The molecular weight excluding hydrogens is 231 g/mol. The number of rotatable bonds is 3. The van der Waals surface area contributed by atoms with Crippen molar-refractivity contribution in [2.24, 2.45) is 5.92 Å². The van der Waals surface area contributed by atoms with Gasteiger partial charge < -0.3 is 10.6 Å². The SMILES string of the molecule is O=C(NCC1CC1)Nc1ccc(F)c(Cl)c1. The molecule has 2 N–H and O–H groups in total. The molecule has 0 atom stereocenters. The number of hydrogen-bond donors (Lipinski definition) is 2. The number of carbonyl (C=O) groups excluding carboxylic acids is 1. The normalized spacial score (nSPS) is 14.6. The first-order valence-electron chi connectivity index (χ1n) is 5.15. The second-order valence-electron chi connectivity index (χ2n) is 3.91. The maximum Gasteiger partial charge on any atom is 0.319 e. The zero-order valence-electron chi connectivity index (χ0n) is 8.59. The third kappa shape index (κ3) is 3.10. The van der Waals surface area contributed by atoms with Crippen LogP contribution in [0.25, 0.3) is 0 Å². The Morgan fingerprint density at radius 2 is 2.25 bits per heavy atom. The van der Waals surface area contributed by atoms with Gasteiger partial charge >= 0.3 is 6.03 Å². The van der Waals surface area contributed by atoms with Gasteiger partial charge in [-0.25, -0.2) is 9.18 Å². The Balaban J connectivity index is 1.86. The monoisotopic (exact) mass is 242 g/mol. The van der Waals surface area contributed by atoms with E-state index in [0.29, 0.717) is 18.2 Å². The third-order valence-electron chi connectivity index (χ3n) is 2.43. The maximum atomic E-state index is 12.8. The number of benzene rings is 1. The molecule has 16 heavy (non-hydrogen) atoms. The van der Waals surface area contributed by atoms with Gasteiger partial charge in [-0.3, -0.25) is 0 Å². The van der Waals surface area contributed by atoms with Crippen LogP contribution in [-0.2, 0) is 0 Å². The van der Waals surface area contributed by atoms with Crippen LogP contribution in [0.2, 0.25) is 5.02 Å². The zero-order valence-corrected chi connectivity index (χ0v) is 9.35. The lowest BCUT2D eigenvalue weighted by Crippen LogP contribution is -2.30. The highest BCUT2D eigenvalue weighted by Gasteiger charge is 2.21. The topological polar surface area (TPSA) is 41.1 Å². The van der Waals surface area contributed by atoms with Crippen molar-refractivity contribution < 1.29 is 9.18 Å². The van der Waals surface area contributed by atoms with Crippen molar-refractivity contribution in [3.63, 3.8) is 0 Å². The van der Waals surface area contributed by atoms with Crippen LogP contribution in [0.5, 0.6) is 0 Å².